The summed E-state index contributed by atoms with van der Waals surface area (Å²) in [5, 5.41) is 3.40. The number of benzene rings is 2. The summed E-state index contributed by atoms with van der Waals surface area (Å²) in [6, 6.07) is 18.5. The lowest BCUT2D eigenvalue weighted by Gasteiger charge is -2.04. The maximum atomic E-state index is 12.4. The molecular weight excluding hydrogens is 386 g/mol. The molecule has 7 heteroatoms. The molecule has 0 atom stereocenters. The van der Waals surface area contributed by atoms with Crippen molar-refractivity contribution in [2.75, 3.05) is 6.54 Å². The van der Waals surface area contributed by atoms with Crippen LogP contribution in [0.4, 0.5) is 0 Å². The van der Waals surface area contributed by atoms with Crippen molar-refractivity contribution in [1.29, 1.82) is 0 Å². The number of hydrogen-bond donors (Lipinski definition) is 1. The van der Waals surface area contributed by atoms with E-state index in [0.717, 1.165) is 5.56 Å². The normalized spacial score (nSPS) is 11.3. The molecule has 3 aromatic rings. The molecule has 0 fully saturated rings. The highest BCUT2D eigenvalue weighted by Crippen LogP contribution is 2.18. The molecule has 1 amide bonds. The number of carbonyl (C=O) groups is 1. The highest BCUT2D eigenvalue weighted by molar-refractivity contribution is 7.90. The fourth-order valence-electron chi connectivity index (χ4n) is 2.58. The summed E-state index contributed by atoms with van der Waals surface area (Å²) in [7, 11) is -3.52. The molecule has 0 unspecified atom stereocenters. The third kappa shape index (κ3) is 5.21. The van der Waals surface area contributed by atoms with E-state index in [4.69, 9.17) is 16.0 Å². The van der Waals surface area contributed by atoms with Crippen molar-refractivity contribution in [3.05, 3.63) is 88.8 Å². The quantitative estimate of drug-likeness (QED) is 0.649. The minimum Gasteiger partial charge on any atom is -0.455 e. The lowest BCUT2D eigenvalue weighted by atomic mass is 10.1. The average Bonchev–Trinajstić information content (AvgIpc) is 3.10. The van der Waals surface area contributed by atoms with Crippen molar-refractivity contribution in [2.24, 2.45) is 0 Å². The first kappa shape index (κ1) is 19.2. The second-order valence-corrected chi connectivity index (χ2v) is 8.40. The van der Waals surface area contributed by atoms with Crippen LogP contribution in [0, 0.1) is 0 Å². The van der Waals surface area contributed by atoms with E-state index >= 15 is 0 Å². The van der Waals surface area contributed by atoms with Gasteiger partial charge in [-0.3, -0.25) is 4.79 Å². The summed E-state index contributed by atoms with van der Waals surface area (Å²) in [6.07, 6.45) is 0.627. The summed E-state index contributed by atoms with van der Waals surface area (Å²) in [5.74, 6) is -0.383. The minimum absolute atomic E-state index is 0.0827. The van der Waals surface area contributed by atoms with E-state index in [9.17, 15) is 13.2 Å². The second kappa shape index (κ2) is 8.41. The molecular formula is C20H18ClNO4S. The summed E-state index contributed by atoms with van der Waals surface area (Å²) in [6.45, 7) is 0.414. The van der Waals surface area contributed by atoms with Crippen LogP contribution in [-0.4, -0.2) is 20.9 Å². The topological polar surface area (TPSA) is 76.4 Å². The van der Waals surface area contributed by atoms with Gasteiger partial charge in [0.25, 0.3) is 5.91 Å². The van der Waals surface area contributed by atoms with Crippen LogP contribution in [0.1, 0.15) is 21.9 Å². The first-order chi connectivity index (χ1) is 12.9. The molecule has 0 aliphatic heterocycles. The van der Waals surface area contributed by atoms with Gasteiger partial charge in [0.15, 0.2) is 15.6 Å². The van der Waals surface area contributed by atoms with E-state index in [0.29, 0.717) is 18.0 Å². The van der Waals surface area contributed by atoms with Gasteiger partial charge in [-0.25, -0.2) is 8.42 Å². The zero-order valence-electron chi connectivity index (χ0n) is 14.4. The first-order valence-electron chi connectivity index (χ1n) is 8.33. The van der Waals surface area contributed by atoms with Gasteiger partial charge in [0.1, 0.15) is 11.5 Å². The third-order valence-corrected chi connectivity index (χ3v) is 5.80. The summed E-state index contributed by atoms with van der Waals surface area (Å²) >= 11 is 5.93. The highest BCUT2D eigenvalue weighted by atomic mass is 35.5. The first-order valence-corrected chi connectivity index (χ1v) is 10.4. The number of halogens is 1. The van der Waals surface area contributed by atoms with Gasteiger partial charge in [-0.15, -0.1) is 0 Å². The Balaban J connectivity index is 1.57. The predicted octanol–water partition coefficient (Wildman–Crippen LogP) is 3.88. The molecule has 0 saturated carbocycles. The Bertz CT molecular complexity index is 1030. The van der Waals surface area contributed by atoms with Gasteiger partial charge in [-0.05, 0) is 48.4 Å². The van der Waals surface area contributed by atoms with Crippen LogP contribution >= 0.6 is 11.6 Å². The molecule has 0 spiro atoms. The molecule has 5 nitrogen and oxygen atoms in total. The largest absolute Gasteiger partial charge is 0.455 e. The van der Waals surface area contributed by atoms with Crippen LogP contribution in [-0.2, 0) is 22.0 Å². The average molecular weight is 404 g/mol. The summed E-state index contributed by atoms with van der Waals surface area (Å²) < 4.78 is 30.1. The molecule has 3 rings (SSSR count). The summed E-state index contributed by atoms with van der Waals surface area (Å²) in [4.78, 5) is 12.4. The van der Waals surface area contributed by atoms with Crippen molar-refractivity contribution < 1.29 is 17.6 Å². The van der Waals surface area contributed by atoms with Gasteiger partial charge in [-0.2, -0.15) is 0 Å². The molecule has 1 N–H and O–H groups in total. The van der Waals surface area contributed by atoms with E-state index < -0.39 is 9.84 Å². The van der Waals surface area contributed by atoms with Crippen LogP contribution in [0.25, 0.3) is 0 Å². The maximum Gasteiger partial charge on any atom is 0.287 e. The Kier molecular flexibility index (Phi) is 5.98. The van der Waals surface area contributed by atoms with Crippen LogP contribution in [0.5, 0.6) is 0 Å². The van der Waals surface area contributed by atoms with Gasteiger partial charge in [0, 0.05) is 11.6 Å². The lowest BCUT2D eigenvalue weighted by Crippen LogP contribution is -2.25. The van der Waals surface area contributed by atoms with Gasteiger partial charge in [0.2, 0.25) is 0 Å². The van der Waals surface area contributed by atoms with E-state index in [1.807, 2.05) is 18.2 Å². The Morgan fingerprint density at radius 3 is 2.52 bits per heavy atom. The van der Waals surface area contributed by atoms with Gasteiger partial charge in [0.05, 0.1) is 4.90 Å². The molecule has 27 heavy (non-hydrogen) atoms. The van der Waals surface area contributed by atoms with Crippen LogP contribution in [0.15, 0.2) is 76.0 Å². The Labute approximate surface area is 162 Å². The number of amides is 1. The van der Waals surface area contributed by atoms with Crippen LogP contribution < -0.4 is 5.32 Å². The highest BCUT2D eigenvalue weighted by Gasteiger charge is 2.19. The molecule has 0 aliphatic carbocycles. The lowest BCUT2D eigenvalue weighted by molar-refractivity contribution is 0.0925. The molecule has 0 radical (unpaired) electrons. The molecule has 2 aromatic carbocycles. The molecule has 0 bridgehead atoms. The van der Waals surface area contributed by atoms with Crippen molar-refractivity contribution >= 4 is 27.3 Å². The van der Waals surface area contributed by atoms with Crippen molar-refractivity contribution in [3.63, 3.8) is 0 Å². The van der Waals surface area contributed by atoms with Crippen molar-refractivity contribution in [2.45, 2.75) is 17.1 Å². The van der Waals surface area contributed by atoms with Crippen molar-refractivity contribution in [1.82, 2.24) is 5.32 Å². The van der Waals surface area contributed by atoms with Gasteiger partial charge in [-0.1, -0.05) is 41.9 Å². The van der Waals surface area contributed by atoms with Gasteiger partial charge < -0.3 is 9.73 Å². The van der Waals surface area contributed by atoms with Crippen LogP contribution in [0.3, 0.4) is 0 Å². The molecule has 0 saturated heterocycles. The smallest absolute Gasteiger partial charge is 0.287 e. The molecule has 140 valence electrons. The van der Waals surface area contributed by atoms with Crippen LogP contribution in [0.2, 0.25) is 5.02 Å². The number of sulfone groups is 1. The number of rotatable bonds is 7. The fraction of sp³-hybridized carbons (Fsp3) is 0.150. The number of hydrogen-bond acceptors (Lipinski definition) is 4. The van der Waals surface area contributed by atoms with E-state index in [1.54, 1.807) is 24.3 Å². The van der Waals surface area contributed by atoms with Gasteiger partial charge >= 0.3 is 0 Å². The molecule has 1 heterocycles. The SMILES string of the molecule is O=C(NCCc1cccc(Cl)c1)c1ccc(CS(=O)(=O)c2ccccc2)o1. The third-order valence-electron chi connectivity index (χ3n) is 3.91. The Morgan fingerprint density at radius 2 is 1.78 bits per heavy atom. The Morgan fingerprint density at radius 1 is 1.00 bits per heavy atom. The zero-order chi connectivity index (χ0) is 19.3. The fourth-order valence-corrected chi connectivity index (χ4v) is 4.06. The zero-order valence-corrected chi connectivity index (χ0v) is 16.0. The molecule has 0 aliphatic rings. The standard InChI is InChI=1S/C20H18ClNO4S/c21-16-6-4-5-15(13-16)11-12-22-20(23)19-10-9-17(26-19)14-27(24,25)18-7-2-1-3-8-18/h1-10,13H,11-12,14H2,(H,22,23). The van der Waals surface area contributed by atoms with E-state index in [-0.39, 0.29) is 28.1 Å². The monoisotopic (exact) mass is 403 g/mol. The number of carbonyl (C=O) groups excluding carboxylic acids is 1. The van der Waals surface area contributed by atoms with E-state index in [1.165, 1.54) is 24.3 Å². The second-order valence-electron chi connectivity index (χ2n) is 5.97. The van der Waals surface area contributed by atoms with E-state index in [2.05, 4.69) is 5.32 Å². The minimum atomic E-state index is -3.52. The number of furan rings is 1. The molecule has 1 aromatic heterocycles. The summed E-state index contributed by atoms with van der Waals surface area (Å²) in [5.41, 5.74) is 1.01. The van der Waals surface area contributed by atoms with Crippen molar-refractivity contribution in [3.8, 4) is 0 Å². The predicted molar refractivity (Wildman–Crippen MR) is 104 cm³/mol. The maximum absolute atomic E-state index is 12.4. The Hall–Kier alpha value is -2.57. The number of nitrogens with one attached hydrogen (secondary N) is 1.